The Morgan fingerprint density at radius 2 is 2.00 bits per heavy atom. The van der Waals surface area contributed by atoms with Gasteiger partial charge in [-0.15, -0.1) is 0 Å². The van der Waals surface area contributed by atoms with E-state index in [1.807, 2.05) is 0 Å². The fraction of sp³-hybridized carbons (Fsp3) is 0.294. The molecule has 0 aliphatic rings. The quantitative estimate of drug-likeness (QED) is 0.416. The van der Waals surface area contributed by atoms with E-state index in [2.05, 4.69) is 15.3 Å². The summed E-state index contributed by atoms with van der Waals surface area (Å²) in [5.74, 6) is 0.896. The first-order valence-corrected chi connectivity index (χ1v) is 8.24. The number of hydrogen-bond donors (Lipinski definition) is 2. The van der Waals surface area contributed by atoms with Crippen molar-refractivity contribution in [2.24, 2.45) is 10.7 Å². The van der Waals surface area contributed by atoms with Crippen LogP contribution >= 0.6 is 11.6 Å². The third kappa shape index (κ3) is 6.52. The summed E-state index contributed by atoms with van der Waals surface area (Å²) < 4.78 is 48.0. The molecule has 0 saturated heterocycles. The van der Waals surface area contributed by atoms with Gasteiger partial charge in [0.1, 0.15) is 10.8 Å². The zero-order chi connectivity index (χ0) is 19.9. The van der Waals surface area contributed by atoms with Gasteiger partial charge in [-0.25, -0.2) is 4.98 Å². The second-order valence-corrected chi connectivity index (χ2v) is 5.74. The summed E-state index contributed by atoms with van der Waals surface area (Å²) in [6.07, 6.45) is -3.35. The number of guanidine groups is 1. The topological polar surface area (TPSA) is 81.8 Å². The Labute approximate surface area is 159 Å². The van der Waals surface area contributed by atoms with Crippen LogP contribution in [-0.4, -0.2) is 31.2 Å². The molecule has 1 aromatic heterocycles. The summed E-state index contributed by atoms with van der Waals surface area (Å²) in [6, 6.07) is 7.93. The molecule has 6 nitrogen and oxygen atoms in total. The number of nitrogens with one attached hydrogen (secondary N) is 1. The summed E-state index contributed by atoms with van der Waals surface area (Å²) in [5, 5.41) is 2.72. The molecule has 0 radical (unpaired) electrons. The summed E-state index contributed by atoms with van der Waals surface area (Å²) in [4.78, 5) is 7.72. The summed E-state index contributed by atoms with van der Waals surface area (Å²) in [7, 11) is 1.58. The fourth-order valence-electron chi connectivity index (χ4n) is 1.98. The van der Waals surface area contributed by atoms with E-state index in [4.69, 9.17) is 26.8 Å². The minimum absolute atomic E-state index is 0.0574. The lowest BCUT2D eigenvalue weighted by atomic mass is 10.3. The van der Waals surface area contributed by atoms with Crippen LogP contribution < -0.4 is 20.5 Å². The van der Waals surface area contributed by atoms with E-state index < -0.39 is 11.7 Å². The average molecular weight is 403 g/mol. The van der Waals surface area contributed by atoms with Crippen LogP contribution in [0.4, 0.5) is 18.9 Å². The van der Waals surface area contributed by atoms with E-state index in [9.17, 15) is 13.2 Å². The SMILES string of the molecule is COc1ccc(NC(N)=NCCCOc2ncc(C(F)(F)F)cc2Cl)cc1. The van der Waals surface area contributed by atoms with Crippen molar-refractivity contribution in [1.82, 2.24) is 4.98 Å². The van der Waals surface area contributed by atoms with Gasteiger partial charge in [-0.1, -0.05) is 11.6 Å². The molecule has 0 saturated carbocycles. The second kappa shape index (κ2) is 9.31. The normalized spacial score (nSPS) is 12.0. The molecule has 3 N–H and O–H groups in total. The van der Waals surface area contributed by atoms with Gasteiger partial charge in [-0.2, -0.15) is 13.2 Å². The Hall–Kier alpha value is -2.68. The van der Waals surface area contributed by atoms with Gasteiger partial charge >= 0.3 is 6.18 Å². The monoisotopic (exact) mass is 402 g/mol. The molecule has 10 heteroatoms. The number of aromatic nitrogens is 1. The highest BCUT2D eigenvalue weighted by molar-refractivity contribution is 6.31. The average Bonchev–Trinajstić information content (AvgIpc) is 2.62. The molecule has 146 valence electrons. The maximum atomic E-state index is 12.5. The minimum Gasteiger partial charge on any atom is -0.497 e. The van der Waals surface area contributed by atoms with Crippen molar-refractivity contribution in [3.63, 3.8) is 0 Å². The molecule has 0 atom stereocenters. The molecular formula is C17H18ClF3N4O2. The van der Waals surface area contributed by atoms with Gasteiger partial charge in [0.25, 0.3) is 0 Å². The fourth-order valence-corrected chi connectivity index (χ4v) is 2.20. The van der Waals surface area contributed by atoms with Gasteiger partial charge in [-0.3, -0.25) is 4.99 Å². The molecule has 0 aliphatic heterocycles. The lowest BCUT2D eigenvalue weighted by Gasteiger charge is -2.10. The molecule has 0 spiro atoms. The highest BCUT2D eigenvalue weighted by Crippen LogP contribution is 2.33. The Bertz CT molecular complexity index is 783. The van der Waals surface area contributed by atoms with Gasteiger partial charge in [0.2, 0.25) is 5.88 Å². The summed E-state index contributed by atoms with van der Waals surface area (Å²) in [6.45, 7) is 0.532. The van der Waals surface area contributed by atoms with E-state index in [0.29, 0.717) is 19.2 Å². The third-order valence-corrected chi connectivity index (χ3v) is 3.59. The Balaban J connectivity index is 1.76. The third-order valence-electron chi connectivity index (χ3n) is 3.32. The molecule has 1 aromatic carbocycles. The highest BCUT2D eigenvalue weighted by Gasteiger charge is 2.31. The molecule has 0 amide bonds. The molecule has 0 fully saturated rings. The van der Waals surface area contributed by atoms with Crippen LogP contribution in [0, 0.1) is 0 Å². The van der Waals surface area contributed by atoms with Gasteiger partial charge in [-0.05, 0) is 30.3 Å². The number of hydrogen-bond acceptors (Lipinski definition) is 4. The van der Waals surface area contributed by atoms with Crippen LogP contribution in [0.5, 0.6) is 11.6 Å². The molecule has 0 unspecified atom stereocenters. The number of halogens is 4. The van der Waals surface area contributed by atoms with Crippen molar-refractivity contribution in [2.75, 3.05) is 25.6 Å². The highest BCUT2D eigenvalue weighted by atomic mass is 35.5. The standard InChI is InChI=1S/C17H18ClF3N4O2/c1-26-13-5-3-12(4-6-13)25-16(22)23-7-2-8-27-15-14(18)9-11(10-24-15)17(19,20)21/h3-6,9-10H,2,7-8H2,1H3,(H3,22,23,25). The van der Waals surface area contributed by atoms with Gasteiger partial charge < -0.3 is 20.5 Å². The number of anilines is 1. The first-order chi connectivity index (χ1) is 12.8. The van der Waals surface area contributed by atoms with Crippen molar-refractivity contribution in [3.8, 4) is 11.6 Å². The first kappa shape index (κ1) is 20.6. The van der Waals surface area contributed by atoms with Crippen LogP contribution in [0.15, 0.2) is 41.5 Å². The number of benzene rings is 1. The molecule has 1 heterocycles. The Morgan fingerprint density at radius 1 is 1.30 bits per heavy atom. The van der Waals surface area contributed by atoms with Crippen molar-refractivity contribution in [1.29, 1.82) is 0 Å². The van der Waals surface area contributed by atoms with Crippen molar-refractivity contribution >= 4 is 23.2 Å². The number of rotatable bonds is 7. The molecule has 2 rings (SSSR count). The van der Waals surface area contributed by atoms with Crippen molar-refractivity contribution in [2.45, 2.75) is 12.6 Å². The largest absolute Gasteiger partial charge is 0.497 e. The first-order valence-electron chi connectivity index (χ1n) is 7.86. The summed E-state index contributed by atoms with van der Waals surface area (Å²) in [5.41, 5.74) is 5.61. The number of nitrogens with zero attached hydrogens (tertiary/aromatic N) is 2. The number of aliphatic imine (C=N–C) groups is 1. The van der Waals surface area contributed by atoms with Crippen LogP contribution in [0.1, 0.15) is 12.0 Å². The zero-order valence-corrected chi connectivity index (χ0v) is 15.1. The van der Waals surface area contributed by atoms with Crippen molar-refractivity contribution in [3.05, 3.63) is 47.1 Å². The maximum Gasteiger partial charge on any atom is 0.417 e. The van der Waals surface area contributed by atoms with E-state index in [1.165, 1.54) is 0 Å². The second-order valence-electron chi connectivity index (χ2n) is 5.33. The minimum atomic E-state index is -4.50. The summed E-state index contributed by atoms with van der Waals surface area (Å²) >= 11 is 5.76. The van der Waals surface area contributed by atoms with Crippen LogP contribution in [0.3, 0.4) is 0 Å². The molecule has 0 bridgehead atoms. The number of ether oxygens (including phenoxy) is 2. The predicted octanol–water partition coefficient (Wildman–Crippen LogP) is 3.96. The lowest BCUT2D eigenvalue weighted by molar-refractivity contribution is -0.137. The van der Waals surface area contributed by atoms with Crippen molar-refractivity contribution < 1.29 is 22.6 Å². The van der Waals surface area contributed by atoms with E-state index in [0.717, 1.165) is 17.5 Å². The van der Waals surface area contributed by atoms with E-state index in [-0.39, 0.29) is 23.5 Å². The maximum absolute atomic E-state index is 12.5. The lowest BCUT2D eigenvalue weighted by Crippen LogP contribution is -2.23. The number of methoxy groups -OCH3 is 1. The Morgan fingerprint density at radius 3 is 2.59 bits per heavy atom. The number of pyridine rings is 1. The molecule has 27 heavy (non-hydrogen) atoms. The van der Waals surface area contributed by atoms with Gasteiger partial charge in [0.05, 0.1) is 19.3 Å². The van der Waals surface area contributed by atoms with Gasteiger partial charge in [0.15, 0.2) is 5.96 Å². The van der Waals surface area contributed by atoms with E-state index in [1.54, 1.807) is 31.4 Å². The van der Waals surface area contributed by atoms with E-state index >= 15 is 0 Å². The molecular weight excluding hydrogens is 385 g/mol. The number of nitrogens with two attached hydrogens (primary N) is 1. The number of alkyl halides is 3. The van der Waals surface area contributed by atoms with Crippen LogP contribution in [0.2, 0.25) is 5.02 Å². The smallest absolute Gasteiger partial charge is 0.417 e. The van der Waals surface area contributed by atoms with Crippen LogP contribution in [0.25, 0.3) is 0 Å². The van der Waals surface area contributed by atoms with Gasteiger partial charge in [0, 0.05) is 24.8 Å². The predicted molar refractivity (Wildman–Crippen MR) is 97.5 cm³/mol. The Kier molecular flexibility index (Phi) is 7.12. The molecule has 2 aromatic rings. The van der Waals surface area contributed by atoms with Crippen LogP contribution in [-0.2, 0) is 6.18 Å². The molecule has 0 aliphatic carbocycles. The zero-order valence-electron chi connectivity index (χ0n) is 14.4.